The molecule has 0 radical (unpaired) electrons. The summed E-state index contributed by atoms with van der Waals surface area (Å²) in [4.78, 5) is 15.8. The van der Waals surface area contributed by atoms with Crippen molar-refractivity contribution in [1.29, 1.82) is 5.26 Å². The van der Waals surface area contributed by atoms with E-state index < -0.39 is 51.1 Å². The lowest BCUT2D eigenvalue weighted by molar-refractivity contribution is 0.122. The molecule has 0 saturated heterocycles. The number of hydrogen-bond donors (Lipinski definition) is 1. The fourth-order valence-electron chi connectivity index (χ4n) is 3.25. The van der Waals surface area contributed by atoms with E-state index in [1.807, 2.05) is 0 Å². The lowest BCUT2D eigenvalue weighted by atomic mass is 9.96. The van der Waals surface area contributed by atoms with Gasteiger partial charge in [-0.2, -0.15) is 9.65 Å². The molecule has 33 heavy (non-hydrogen) atoms. The fourth-order valence-corrected chi connectivity index (χ4v) is 5.89. The van der Waals surface area contributed by atoms with E-state index in [0.717, 1.165) is 28.6 Å². The van der Waals surface area contributed by atoms with E-state index in [2.05, 4.69) is 4.98 Å². The largest absolute Gasteiger partial charge is 0.465 e. The highest BCUT2D eigenvalue weighted by Crippen LogP contribution is 2.34. The normalized spacial score (nSPS) is 11.9. The van der Waals surface area contributed by atoms with Crippen LogP contribution in [0, 0.1) is 28.5 Å². The molecule has 12 heteroatoms. The van der Waals surface area contributed by atoms with Gasteiger partial charge in [0, 0.05) is 35.3 Å². The number of halogens is 2. The molecule has 0 atom stereocenters. The second-order valence-corrected chi connectivity index (χ2v) is 10.9. The minimum atomic E-state index is -4.52. The fraction of sp³-hybridized carbons (Fsp3) is 0.286. The summed E-state index contributed by atoms with van der Waals surface area (Å²) in [6.45, 7) is 4.96. The summed E-state index contributed by atoms with van der Waals surface area (Å²) < 4.78 is 57.4. The number of thiophene rings is 1. The Balaban J connectivity index is 2.24. The molecular formula is C21H20F2N4O4S2. The van der Waals surface area contributed by atoms with Crippen LogP contribution < -0.4 is 0 Å². The van der Waals surface area contributed by atoms with E-state index in [-0.39, 0.29) is 22.6 Å². The smallest absolute Gasteiger partial charge is 0.407 e. The first kappa shape index (κ1) is 24.3. The molecule has 3 aromatic heterocycles. The number of nitriles is 1. The summed E-state index contributed by atoms with van der Waals surface area (Å²) in [6.07, 6.45) is 0.726. The lowest BCUT2D eigenvalue weighted by Gasteiger charge is -2.27. The average Bonchev–Trinajstić information content (AvgIpc) is 3.33. The second-order valence-electron chi connectivity index (χ2n) is 8.42. The Kier molecular flexibility index (Phi) is 6.58. The Hall–Kier alpha value is -3.30. The Morgan fingerprint density at radius 3 is 2.61 bits per heavy atom. The molecule has 0 saturated carbocycles. The van der Waals surface area contributed by atoms with Crippen molar-refractivity contribution >= 4 is 27.5 Å². The molecule has 0 aromatic carbocycles. The maximum absolute atomic E-state index is 15.6. The van der Waals surface area contributed by atoms with Gasteiger partial charge >= 0.3 is 6.09 Å². The number of carboxylic acid groups (broad SMARTS) is 1. The van der Waals surface area contributed by atoms with Crippen molar-refractivity contribution in [3.05, 3.63) is 58.2 Å². The first-order valence-corrected chi connectivity index (χ1v) is 12.0. The van der Waals surface area contributed by atoms with Gasteiger partial charge in [-0.25, -0.2) is 26.6 Å². The maximum atomic E-state index is 15.6. The van der Waals surface area contributed by atoms with Gasteiger partial charge in [-0.15, -0.1) is 11.3 Å². The SMILES string of the molecule is CC(C)(C)CN(Cc1cn(S(=O)(=O)c2cscc2C#N)c(-c2cccnc2F)c1F)C(=O)O. The van der Waals surface area contributed by atoms with Gasteiger partial charge in [0.15, 0.2) is 5.82 Å². The third kappa shape index (κ3) is 4.89. The van der Waals surface area contributed by atoms with Gasteiger partial charge in [-0.1, -0.05) is 20.8 Å². The highest BCUT2D eigenvalue weighted by molar-refractivity contribution is 7.90. The van der Waals surface area contributed by atoms with Gasteiger partial charge in [0.2, 0.25) is 5.95 Å². The van der Waals surface area contributed by atoms with Crippen LogP contribution in [0.15, 0.2) is 40.2 Å². The average molecular weight is 495 g/mol. The number of nitrogens with zero attached hydrogens (tertiary/aromatic N) is 4. The first-order chi connectivity index (χ1) is 15.4. The summed E-state index contributed by atoms with van der Waals surface area (Å²) in [6, 6.07) is 4.25. The van der Waals surface area contributed by atoms with E-state index in [1.165, 1.54) is 22.9 Å². The monoisotopic (exact) mass is 494 g/mol. The zero-order valence-electron chi connectivity index (χ0n) is 17.9. The molecule has 3 rings (SSSR count). The molecule has 0 aliphatic carbocycles. The van der Waals surface area contributed by atoms with E-state index in [0.29, 0.717) is 3.97 Å². The van der Waals surface area contributed by atoms with Crippen LogP contribution in [0.3, 0.4) is 0 Å². The van der Waals surface area contributed by atoms with E-state index in [1.54, 1.807) is 26.8 Å². The van der Waals surface area contributed by atoms with Crippen LogP contribution in [-0.4, -0.2) is 40.0 Å². The molecule has 0 aliphatic rings. The summed E-state index contributed by atoms with van der Waals surface area (Å²) >= 11 is 0.968. The molecular weight excluding hydrogens is 474 g/mol. The number of amides is 1. The van der Waals surface area contributed by atoms with Crippen LogP contribution in [0.5, 0.6) is 0 Å². The highest BCUT2D eigenvalue weighted by Gasteiger charge is 2.32. The first-order valence-electron chi connectivity index (χ1n) is 9.57. The highest BCUT2D eigenvalue weighted by atomic mass is 32.2. The number of carbonyl (C=O) groups is 1. The van der Waals surface area contributed by atoms with Crippen molar-refractivity contribution in [3.8, 4) is 17.3 Å². The number of aromatic nitrogens is 2. The van der Waals surface area contributed by atoms with E-state index in [4.69, 9.17) is 0 Å². The molecule has 1 N–H and O–H groups in total. The van der Waals surface area contributed by atoms with Crippen LogP contribution >= 0.6 is 11.3 Å². The standard InChI is InChI=1S/C21H20F2N4O4S2/c1-21(2,3)12-26(20(28)29)8-14-9-27(33(30,31)16-11-32-10-13(16)7-24)18(17(14)22)15-5-4-6-25-19(15)23/h4-6,9-11H,8,12H2,1-3H3,(H,28,29). The van der Waals surface area contributed by atoms with Crippen LogP contribution in [0.25, 0.3) is 11.3 Å². The van der Waals surface area contributed by atoms with Gasteiger partial charge in [0.05, 0.1) is 17.7 Å². The van der Waals surface area contributed by atoms with Crippen molar-refractivity contribution < 1.29 is 27.1 Å². The summed E-state index contributed by atoms with van der Waals surface area (Å²) in [7, 11) is -4.52. The number of hydrogen-bond acceptors (Lipinski definition) is 6. The molecule has 1 amide bonds. The number of pyridine rings is 1. The minimum Gasteiger partial charge on any atom is -0.465 e. The van der Waals surface area contributed by atoms with Crippen LogP contribution in [0.4, 0.5) is 13.6 Å². The molecule has 0 aliphatic heterocycles. The van der Waals surface area contributed by atoms with Crippen molar-refractivity contribution in [2.24, 2.45) is 5.41 Å². The van der Waals surface area contributed by atoms with Crippen molar-refractivity contribution in [2.75, 3.05) is 6.54 Å². The molecule has 0 fully saturated rings. The van der Waals surface area contributed by atoms with Crippen molar-refractivity contribution in [1.82, 2.24) is 13.9 Å². The predicted octanol–water partition coefficient (Wildman–Crippen LogP) is 4.52. The molecule has 3 heterocycles. The van der Waals surface area contributed by atoms with Crippen molar-refractivity contribution in [2.45, 2.75) is 32.2 Å². The predicted molar refractivity (Wildman–Crippen MR) is 117 cm³/mol. The molecule has 3 aromatic rings. The van der Waals surface area contributed by atoms with Crippen molar-refractivity contribution in [3.63, 3.8) is 0 Å². The molecule has 0 bridgehead atoms. The Morgan fingerprint density at radius 2 is 2.03 bits per heavy atom. The number of rotatable bonds is 6. The van der Waals surface area contributed by atoms with Gasteiger partial charge < -0.3 is 10.0 Å². The van der Waals surface area contributed by atoms with Crippen LogP contribution in [0.2, 0.25) is 0 Å². The Labute approximate surface area is 193 Å². The van der Waals surface area contributed by atoms with E-state index in [9.17, 15) is 28.0 Å². The zero-order chi connectivity index (χ0) is 24.6. The molecule has 0 unspecified atom stereocenters. The van der Waals surface area contributed by atoms with Gasteiger partial charge in [0.1, 0.15) is 16.7 Å². The van der Waals surface area contributed by atoms with Crippen LogP contribution in [-0.2, 0) is 16.6 Å². The summed E-state index contributed by atoms with van der Waals surface area (Å²) in [5, 5.41) is 21.4. The summed E-state index contributed by atoms with van der Waals surface area (Å²) in [5.74, 6) is -2.20. The summed E-state index contributed by atoms with van der Waals surface area (Å²) in [5.41, 5.74) is -1.92. The van der Waals surface area contributed by atoms with Gasteiger partial charge in [-0.3, -0.25) is 0 Å². The van der Waals surface area contributed by atoms with Gasteiger partial charge in [-0.05, 0) is 17.5 Å². The van der Waals surface area contributed by atoms with Gasteiger partial charge in [0.25, 0.3) is 10.0 Å². The molecule has 174 valence electrons. The minimum absolute atomic E-state index is 0.0411. The molecule has 8 nitrogen and oxygen atoms in total. The van der Waals surface area contributed by atoms with E-state index >= 15 is 4.39 Å². The Bertz CT molecular complexity index is 1350. The Morgan fingerprint density at radius 1 is 1.33 bits per heavy atom. The maximum Gasteiger partial charge on any atom is 0.407 e. The second kappa shape index (κ2) is 8.92. The molecule has 0 spiro atoms. The zero-order valence-corrected chi connectivity index (χ0v) is 19.5. The van der Waals surface area contributed by atoms with Crippen LogP contribution in [0.1, 0.15) is 31.9 Å². The quantitative estimate of drug-likeness (QED) is 0.504. The lowest BCUT2D eigenvalue weighted by Crippen LogP contribution is -2.36. The topological polar surface area (TPSA) is 116 Å². The third-order valence-electron chi connectivity index (χ3n) is 4.58. The third-order valence-corrected chi connectivity index (χ3v) is 7.17.